The maximum absolute atomic E-state index is 11.5. The maximum Gasteiger partial charge on any atom is 0.264 e. The number of aliphatic hydroxyl groups is 1. The summed E-state index contributed by atoms with van der Waals surface area (Å²) in [5, 5.41) is 18.4. The lowest BCUT2D eigenvalue weighted by atomic mass is 9.89. The van der Waals surface area contributed by atoms with Crippen LogP contribution >= 0.6 is 0 Å². The molecule has 0 radical (unpaired) electrons. The molecule has 4 heterocycles. The molecule has 2 aliphatic rings. The van der Waals surface area contributed by atoms with Gasteiger partial charge in [0, 0.05) is 87.1 Å². The van der Waals surface area contributed by atoms with Crippen molar-refractivity contribution < 1.29 is 27.2 Å². The zero-order chi connectivity index (χ0) is 49.0. The Kier molecular flexibility index (Phi) is 15.6. The molecule has 360 valence electrons. The van der Waals surface area contributed by atoms with E-state index < -0.39 is 32.4 Å². The average molecular weight is 977 g/mol. The van der Waals surface area contributed by atoms with Gasteiger partial charge >= 0.3 is 0 Å². The molecule has 0 unspecified atom stereocenters. The maximum atomic E-state index is 11.5. The zero-order valence-corrected chi connectivity index (χ0v) is 43.4. The minimum absolute atomic E-state index is 0.00730. The quantitative estimate of drug-likeness (QED) is 0.0322. The Balaban J connectivity index is 0.000000203. The standard InChI is InChI=1S/C25H33N5O4SSi.C24H31N5O2Si/c1-17-14-27-25(28-21-9-10-23(21)34-35(3,31)32)29-24(17)20-15-30(16-33-11-12-36(4,5)6)22-13-18(26-2)7-8-19(20)22;1-16-13-26-24(27-20-8-9-22(20)30)28-23(16)19-14-29(15-31-10-11-32(3,4)5)21-12-17(25-2)6-7-18(19)21/h7-8,13-15,21,23H,9-12,16H2,1,3-6H3,(H,27,28,29);6-7,12-14,20,22,30H,8-11,15H2,1,3-5H3,(H,26,27,28)/t21-,23+;20-,22+/m00/s1. The lowest BCUT2D eigenvalue weighted by Gasteiger charge is -2.35. The summed E-state index contributed by atoms with van der Waals surface area (Å²) in [5.74, 6) is 0.951. The molecular weight excluding hydrogens is 913 g/mol. The smallest absolute Gasteiger partial charge is 0.264 e. The molecule has 4 atom stereocenters. The molecule has 3 N–H and O–H groups in total. The highest BCUT2D eigenvalue weighted by atomic mass is 32.2. The number of nitrogens with one attached hydrogen (secondary N) is 2. The van der Waals surface area contributed by atoms with Crippen LogP contribution in [-0.4, -0.2) is 103 Å². The molecule has 0 bridgehead atoms. The lowest BCUT2D eigenvalue weighted by molar-refractivity contribution is 0.0782. The van der Waals surface area contributed by atoms with E-state index in [1.165, 1.54) is 0 Å². The molecule has 2 saturated carbocycles. The van der Waals surface area contributed by atoms with E-state index in [4.69, 9.17) is 36.8 Å². The number of aryl methyl sites for hydroxylation is 2. The summed E-state index contributed by atoms with van der Waals surface area (Å²) in [5.41, 5.74) is 8.46. The van der Waals surface area contributed by atoms with Gasteiger partial charge in [0.05, 0.1) is 55.1 Å². The van der Waals surface area contributed by atoms with E-state index in [0.29, 0.717) is 49.8 Å². The molecular formula is C49H64N10O6SSi2. The molecule has 2 aromatic carbocycles. The Morgan fingerprint density at radius 3 is 1.54 bits per heavy atom. The van der Waals surface area contributed by atoms with Crippen molar-refractivity contribution in [1.29, 1.82) is 0 Å². The third-order valence-electron chi connectivity index (χ3n) is 12.3. The van der Waals surface area contributed by atoms with Crippen LogP contribution in [0.4, 0.5) is 23.3 Å². The first-order valence-electron chi connectivity index (χ1n) is 23.1. The molecule has 0 amide bonds. The number of aromatic nitrogens is 6. The number of fused-ring (bicyclic) bond motifs is 2. The predicted molar refractivity (Wildman–Crippen MR) is 275 cm³/mol. The van der Waals surface area contributed by atoms with Crippen molar-refractivity contribution >= 4 is 71.3 Å². The van der Waals surface area contributed by atoms with Gasteiger partial charge in [0.1, 0.15) is 13.5 Å². The summed E-state index contributed by atoms with van der Waals surface area (Å²) in [6.07, 6.45) is 11.1. The van der Waals surface area contributed by atoms with Crippen molar-refractivity contribution in [3.8, 4) is 22.5 Å². The van der Waals surface area contributed by atoms with E-state index in [9.17, 15) is 13.5 Å². The summed E-state index contributed by atoms with van der Waals surface area (Å²) in [6, 6.07) is 13.4. The molecule has 2 fully saturated rings. The average Bonchev–Trinajstić information content (AvgIpc) is 3.83. The Bertz CT molecular complexity index is 2970. The largest absolute Gasteiger partial charge is 0.391 e. The second-order valence-corrected chi connectivity index (χ2v) is 33.2. The zero-order valence-electron chi connectivity index (χ0n) is 40.6. The topological polar surface area (TPSA) is 176 Å². The minimum atomic E-state index is -3.53. The monoisotopic (exact) mass is 976 g/mol. The predicted octanol–water partition coefficient (Wildman–Crippen LogP) is 10.4. The van der Waals surface area contributed by atoms with Crippen molar-refractivity contribution in [2.24, 2.45) is 0 Å². The number of ether oxygens (including phenoxy) is 2. The first-order valence-corrected chi connectivity index (χ1v) is 32.4. The number of anilines is 2. The van der Waals surface area contributed by atoms with Gasteiger partial charge in [-0.15, -0.1) is 0 Å². The minimum Gasteiger partial charge on any atom is -0.391 e. The van der Waals surface area contributed by atoms with Crippen molar-refractivity contribution in [3.63, 3.8) is 0 Å². The van der Waals surface area contributed by atoms with Gasteiger partial charge < -0.3 is 34.3 Å². The van der Waals surface area contributed by atoms with E-state index in [0.717, 1.165) is 99.7 Å². The highest BCUT2D eigenvalue weighted by molar-refractivity contribution is 7.86. The van der Waals surface area contributed by atoms with Crippen molar-refractivity contribution in [1.82, 2.24) is 29.1 Å². The van der Waals surface area contributed by atoms with Gasteiger partial charge in [-0.2, -0.15) is 8.42 Å². The molecule has 4 aromatic heterocycles. The Hall–Kier alpha value is -5.52. The van der Waals surface area contributed by atoms with E-state index in [1.54, 1.807) is 6.20 Å². The first-order chi connectivity index (χ1) is 32.2. The van der Waals surface area contributed by atoms with Crippen molar-refractivity contribution in [3.05, 3.63) is 95.1 Å². The summed E-state index contributed by atoms with van der Waals surface area (Å²) < 4.78 is 44.3. The number of hydrogen-bond acceptors (Lipinski definition) is 12. The van der Waals surface area contributed by atoms with Gasteiger partial charge in [-0.05, 0) is 74.9 Å². The molecule has 6 aromatic rings. The van der Waals surface area contributed by atoms with E-state index >= 15 is 0 Å². The molecule has 19 heteroatoms. The highest BCUT2D eigenvalue weighted by Crippen LogP contribution is 2.37. The van der Waals surface area contributed by atoms with Crippen LogP contribution in [0.15, 0.2) is 61.2 Å². The highest BCUT2D eigenvalue weighted by Gasteiger charge is 2.35. The third kappa shape index (κ3) is 12.8. The van der Waals surface area contributed by atoms with Gasteiger partial charge in [0.2, 0.25) is 11.9 Å². The van der Waals surface area contributed by atoms with Crippen LogP contribution in [0.25, 0.3) is 54.0 Å². The van der Waals surface area contributed by atoms with Gasteiger partial charge in [0.25, 0.3) is 10.1 Å². The van der Waals surface area contributed by atoms with E-state index in [1.807, 2.05) is 67.2 Å². The molecule has 16 nitrogen and oxygen atoms in total. The van der Waals surface area contributed by atoms with E-state index in [-0.39, 0.29) is 18.2 Å². The van der Waals surface area contributed by atoms with E-state index in [2.05, 4.69) is 80.3 Å². The molecule has 0 spiro atoms. The van der Waals surface area contributed by atoms with Crippen LogP contribution in [0, 0.1) is 27.0 Å². The fourth-order valence-electron chi connectivity index (χ4n) is 7.90. The SMILES string of the molecule is [C-]#[N+]c1ccc2c(-c3nc(N[C@H]4CC[C@H]4O)ncc3C)cn(COCC[Si](C)(C)C)c2c1.[C-]#[N+]c1ccc2c(-c3nc(N[C@H]4CC[C@H]4OS(C)(=O)=O)ncc3C)cn(COCC[Si](C)(C)C)c2c1. The van der Waals surface area contributed by atoms with Gasteiger partial charge in [-0.3, -0.25) is 4.18 Å². The molecule has 2 aliphatic carbocycles. The lowest BCUT2D eigenvalue weighted by Crippen LogP contribution is -2.46. The Morgan fingerprint density at radius 1 is 0.721 bits per heavy atom. The molecule has 68 heavy (non-hydrogen) atoms. The number of benzene rings is 2. The fourth-order valence-corrected chi connectivity index (χ4v) is 10.1. The Labute approximate surface area is 402 Å². The van der Waals surface area contributed by atoms with Crippen LogP contribution in [0.3, 0.4) is 0 Å². The van der Waals surface area contributed by atoms with Crippen LogP contribution < -0.4 is 10.6 Å². The van der Waals surface area contributed by atoms with Crippen LogP contribution in [-0.2, 0) is 37.2 Å². The normalized spacial score (nSPS) is 18.2. The summed E-state index contributed by atoms with van der Waals surface area (Å²) in [6.45, 7) is 35.0. The fraction of sp³-hybridized carbons (Fsp3) is 0.469. The van der Waals surface area contributed by atoms with Crippen LogP contribution in [0.5, 0.6) is 0 Å². The number of aliphatic hydroxyl groups excluding tert-OH is 1. The third-order valence-corrected chi connectivity index (χ3v) is 16.3. The number of hydrogen-bond donors (Lipinski definition) is 3. The molecule has 8 rings (SSSR count). The summed E-state index contributed by atoms with van der Waals surface area (Å²) in [4.78, 5) is 25.6. The molecule has 0 aliphatic heterocycles. The van der Waals surface area contributed by atoms with Crippen LogP contribution in [0.2, 0.25) is 51.4 Å². The molecule has 0 saturated heterocycles. The van der Waals surface area contributed by atoms with Gasteiger partial charge in [0.15, 0.2) is 11.4 Å². The van der Waals surface area contributed by atoms with Crippen molar-refractivity contribution in [2.45, 2.75) is 129 Å². The van der Waals surface area contributed by atoms with Crippen LogP contribution in [0.1, 0.15) is 36.8 Å². The van der Waals surface area contributed by atoms with Gasteiger partial charge in [-0.25, -0.2) is 29.6 Å². The summed E-state index contributed by atoms with van der Waals surface area (Å²) in [7, 11) is -5.88. The second kappa shape index (κ2) is 21.0. The first kappa shape index (κ1) is 50.4. The number of nitrogens with zero attached hydrogens (tertiary/aromatic N) is 8. The van der Waals surface area contributed by atoms with Crippen molar-refractivity contribution in [2.75, 3.05) is 30.1 Å². The number of rotatable bonds is 18. The second-order valence-electron chi connectivity index (χ2n) is 20.4. The Morgan fingerprint density at radius 2 is 1.18 bits per heavy atom. The summed E-state index contributed by atoms with van der Waals surface area (Å²) >= 11 is 0. The van der Waals surface area contributed by atoms with Gasteiger partial charge in [-0.1, -0.05) is 63.5 Å².